The first kappa shape index (κ1) is 20.4. The number of rotatable bonds is 7. The van der Waals surface area contributed by atoms with Crippen molar-refractivity contribution in [3.63, 3.8) is 0 Å². The highest BCUT2D eigenvalue weighted by atomic mass is 32.2. The maximum absolute atomic E-state index is 12.5. The number of benzene rings is 1. The number of carbonyl (C=O) groups excluding carboxylic acids is 2. The molecule has 8 nitrogen and oxygen atoms in total. The van der Waals surface area contributed by atoms with Crippen LogP contribution in [0.25, 0.3) is 0 Å². The second kappa shape index (κ2) is 8.88. The van der Waals surface area contributed by atoms with E-state index < -0.39 is 0 Å². The number of hydrogen-bond donors (Lipinski definition) is 1. The molecular formula is C20H20N4O4S2. The highest BCUT2D eigenvalue weighted by molar-refractivity contribution is 7.99. The SMILES string of the molecule is CC(=O)NCc1ccc(C(=O)CSc2nnc([C@H]3COc4ccccc4O3)n2C)s1. The number of aromatic nitrogens is 3. The summed E-state index contributed by atoms with van der Waals surface area (Å²) in [5.74, 6) is 2.19. The number of hydrogen-bond acceptors (Lipinski definition) is 8. The van der Waals surface area contributed by atoms with E-state index in [4.69, 9.17) is 9.47 Å². The van der Waals surface area contributed by atoms with Crippen LogP contribution in [-0.2, 0) is 18.4 Å². The number of Topliss-reactive ketones (excluding diaryl/α,β-unsaturated/α-hetero) is 1. The Hall–Kier alpha value is -2.85. The van der Waals surface area contributed by atoms with Gasteiger partial charge in [0, 0.05) is 18.8 Å². The highest BCUT2D eigenvalue weighted by Crippen LogP contribution is 2.35. The van der Waals surface area contributed by atoms with Crippen LogP contribution in [0.15, 0.2) is 41.6 Å². The number of ketones is 1. The van der Waals surface area contributed by atoms with Crippen LogP contribution in [-0.4, -0.2) is 38.8 Å². The second-order valence-corrected chi connectivity index (χ2v) is 8.76. The Bertz CT molecular complexity index is 1080. The number of fused-ring (bicyclic) bond motifs is 1. The van der Waals surface area contributed by atoms with Gasteiger partial charge in [-0.05, 0) is 24.3 Å². The molecule has 156 valence electrons. The first-order valence-corrected chi connectivity index (χ1v) is 11.1. The summed E-state index contributed by atoms with van der Waals surface area (Å²) in [6.45, 7) is 2.24. The molecule has 0 saturated heterocycles. The third-order valence-corrected chi connectivity index (χ3v) is 6.59. The molecule has 1 amide bonds. The predicted molar refractivity (Wildman–Crippen MR) is 113 cm³/mol. The minimum atomic E-state index is -0.365. The molecule has 0 aliphatic carbocycles. The second-order valence-electron chi connectivity index (χ2n) is 6.65. The Morgan fingerprint density at radius 2 is 2.03 bits per heavy atom. The third kappa shape index (κ3) is 4.49. The molecule has 0 saturated carbocycles. The molecule has 1 N–H and O–H groups in total. The van der Waals surface area contributed by atoms with E-state index in [1.54, 1.807) is 6.07 Å². The lowest BCUT2D eigenvalue weighted by atomic mass is 10.2. The van der Waals surface area contributed by atoms with E-state index in [-0.39, 0.29) is 23.5 Å². The maximum atomic E-state index is 12.5. The van der Waals surface area contributed by atoms with Crippen molar-refractivity contribution in [2.45, 2.75) is 24.7 Å². The predicted octanol–water partition coefficient (Wildman–Crippen LogP) is 3.00. The first-order chi connectivity index (χ1) is 14.5. The monoisotopic (exact) mass is 444 g/mol. The number of thiophene rings is 1. The molecule has 1 atom stereocenters. The fraction of sp³-hybridized carbons (Fsp3) is 0.300. The van der Waals surface area contributed by atoms with E-state index >= 15 is 0 Å². The zero-order valence-electron chi connectivity index (χ0n) is 16.5. The molecule has 3 aromatic rings. The third-order valence-electron chi connectivity index (χ3n) is 4.45. The molecule has 3 heterocycles. The van der Waals surface area contributed by atoms with Crippen molar-refractivity contribution in [2.75, 3.05) is 12.4 Å². The molecular weight excluding hydrogens is 424 g/mol. The van der Waals surface area contributed by atoms with E-state index in [0.717, 1.165) is 4.88 Å². The van der Waals surface area contributed by atoms with Crippen molar-refractivity contribution in [1.29, 1.82) is 0 Å². The number of ether oxygens (including phenoxy) is 2. The van der Waals surface area contributed by atoms with Gasteiger partial charge >= 0.3 is 0 Å². The van der Waals surface area contributed by atoms with Gasteiger partial charge in [0.1, 0.15) is 6.61 Å². The van der Waals surface area contributed by atoms with Crippen LogP contribution in [0.1, 0.15) is 33.4 Å². The number of thioether (sulfide) groups is 1. The van der Waals surface area contributed by atoms with Gasteiger partial charge in [0.15, 0.2) is 34.4 Å². The average molecular weight is 445 g/mol. The summed E-state index contributed by atoms with van der Waals surface area (Å²) in [6, 6.07) is 11.1. The van der Waals surface area contributed by atoms with Gasteiger partial charge < -0.3 is 19.4 Å². The summed E-state index contributed by atoms with van der Waals surface area (Å²) >= 11 is 2.72. The molecule has 1 aliphatic heterocycles. The summed E-state index contributed by atoms with van der Waals surface area (Å²) < 4.78 is 13.6. The van der Waals surface area contributed by atoms with Crippen LogP contribution in [0.2, 0.25) is 0 Å². The Morgan fingerprint density at radius 3 is 2.83 bits per heavy atom. The normalized spacial score (nSPS) is 15.1. The largest absolute Gasteiger partial charge is 0.485 e. The van der Waals surface area contributed by atoms with Crippen LogP contribution in [0.4, 0.5) is 0 Å². The number of amides is 1. The lowest BCUT2D eigenvalue weighted by Gasteiger charge is -2.25. The van der Waals surface area contributed by atoms with Crippen LogP contribution in [0.3, 0.4) is 0 Å². The average Bonchev–Trinajstić information content (AvgIpc) is 3.37. The Kier molecular flexibility index (Phi) is 6.05. The van der Waals surface area contributed by atoms with Crippen molar-refractivity contribution >= 4 is 34.8 Å². The standard InChI is InChI=1S/C20H20N4O4S2/c1-12(25)21-9-13-7-8-18(30-13)14(26)11-29-20-23-22-19(24(20)2)17-10-27-15-5-3-4-6-16(15)28-17/h3-8,17H,9-11H2,1-2H3,(H,21,25)/t17-/m1/s1. The summed E-state index contributed by atoms with van der Waals surface area (Å²) in [5.41, 5.74) is 0. The van der Waals surface area contributed by atoms with Crippen LogP contribution >= 0.6 is 23.1 Å². The van der Waals surface area contributed by atoms with Crippen molar-refractivity contribution in [2.24, 2.45) is 7.05 Å². The van der Waals surface area contributed by atoms with E-state index in [0.29, 0.717) is 40.5 Å². The van der Waals surface area contributed by atoms with E-state index in [9.17, 15) is 9.59 Å². The van der Waals surface area contributed by atoms with Crippen LogP contribution in [0.5, 0.6) is 11.5 Å². The van der Waals surface area contributed by atoms with Crippen LogP contribution in [0, 0.1) is 0 Å². The maximum Gasteiger partial charge on any atom is 0.217 e. The van der Waals surface area contributed by atoms with Gasteiger partial charge in [0.2, 0.25) is 5.91 Å². The van der Waals surface area contributed by atoms with Crippen molar-refractivity contribution in [1.82, 2.24) is 20.1 Å². The fourth-order valence-corrected chi connectivity index (χ4v) is 4.69. The van der Waals surface area contributed by atoms with Crippen LogP contribution < -0.4 is 14.8 Å². The molecule has 10 heteroatoms. The molecule has 0 unspecified atom stereocenters. The molecule has 1 aliphatic rings. The minimum Gasteiger partial charge on any atom is -0.485 e. The Balaban J connectivity index is 1.37. The summed E-state index contributed by atoms with van der Waals surface area (Å²) in [5, 5.41) is 11.8. The quantitative estimate of drug-likeness (QED) is 0.442. The van der Waals surface area contributed by atoms with E-state index in [2.05, 4.69) is 15.5 Å². The van der Waals surface area contributed by atoms with Gasteiger partial charge in [-0.2, -0.15) is 0 Å². The zero-order valence-corrected chi connectivity index (χ0v) is 18.1. The van der Waals surface area contributed by atoms with Gasteiger partial charge in [-0.25, -0.2) is 0 Å². The summed E-state index contributed by atoms with van der Waals surface area (Å²) in [4.78, 5) is 25.1. The smallest absolute Gasteiger partial charge is 0.217 e. The minimum absolute atomic E-state index is 0.00908. The Morgan fingerprint density at radius 1 is 1.23 bits per heavy atom. The van der Waals surface area contributed by atoms with Gasteiger partial charge in [0.05, 0.1) is 17.2 Å². The van der Waals surface area contributed by atoms with E-state index in [1.165, 1.54) is 30.0 Å². The molecule has 30 heavy (non-hydrogen) atoms. The highest BCUT2D eigenvalue weighted by Gasteiger charge is 2.27. The molecule has 0 radical (unpaired) electrons. The molecule has 2 aromatic heterocycles. The lowest BCUT2D eigenvalue weighted by molar-refractivity contribution is -0.119. The summed E-state index contributed by atoms with van der Waals surface area (Å²) in [6.07, 6.45) is -0.365. The zero-order chi connectivity index (χ0) is 21.1. The Labute approximate surface area is 181 Å². The number of nitrogens with one attached hydrogen (secondary N) is 1. The van der Waals surface area contributed by atoms with Gasteiger partial charge in [-0.1, -0.05) is 23.9 Å². The first-order valence-electron chi connectivity index (χ1n) is 9.28. The van der Waals surface area contributed by atoms with Gasteiger partial charge in [-0.3, -0.25) is 9.59 Å². The molecule has 0 bridgehead atoms. The van der Waals surface area contributed by atoms with Crippen molar-refractivity contribution < 1.29 is 19.1 Å². The van der Waals surface area contributed by atoms with Gasteiger partial charge in [-0.15, -0.1) is 21.5 Å². The lowest BCUT2D eigenvalue weighted by Crippen LogP contribution is -2.24. The number of para-hydroxylation sites is 2. The van der Waals surface area contributed by atoms with E-state index in [1.807, 2.05) is 41.9 Å². The molecule has 0 spiro atoms. The van der Waals surface area contributed by atoms with Gasteiger partial charge in [0.25, 0.3) is 0 Å². The molecule has 0 fully saturated rings. The molecule has 4 rings (SSSR count). The topological polar surface area (TPSA) is 95.3 Å². The van der Waals surface area contributed by atoms with Crippen molar-refractivity contribution in [3.8, 4) is 11.5 Å². The number of carbonyl (C=O) groups is 2. The fourth-order valence-electron chi connectivity index (χ4n) is 2.91. The van der Waals surface area contributed by atoms with Crippen molar-refractivity contribution in [3.05, 3.63) is 52.0 Å². The molecule has 1 aromatic carbocycles. The number of nitrogens with zero attached hydrogens (tertiary/aromatic N) is 3. The summed E-state index contributed by atoms with van der Waals surface area (Å²) in [7, 11) is 1.85.